The highest BCUT2D eigenvalue weighted by atomic mass is 32.2. The Morgan fingerprint density at radius 1 is 1.29 bits per heavy atom. The fourth-order valence-electron chi connectivity index (χ4n) is 1.87. The summed E-state index contributed by atoms with van der Waals surface area (Å²) in [4.78, 5) is 10.4. The highest BCUT2D eigenvalue weighted by molar-refractivity contribution is 7.90. The summed E-state index contributed by atoms with van der Waals surface area (Å²) < 4.78 is 50.0. The highest BCUT2D eigenvalue weighted by Crippen LogP contribution is 2.30. The van der Waals surface area contributed by atoms with Crippen molar-refractivity contribution >= 4 is 15.8 Å². The molecule has 0 fully saturated rings. The second-order valence-corrected chi connectivity index (χ2v) is 6.14. The summed E-state index contributed by atoms with van der Waals surface area (Å²) in [5, 5.41) is 12.7. The molecule has 0 atom stereocenters. The first-order chi connectivity index (χ1) is 9.73. The zero-order valence-corrected chi connectivity index (χ0v) is 11.5. The van der Waals surface area contributed by atoms with Gasteiger partial charge in [-0.25, -0.2) is 26.7 Å². The maximum atomic E-state index is 13.0. The number of halogens is 2. The number of aromatic carboxylic acids is 1. The normalized spacial score (nSPS) is 11.8. The molecule has 21 heavy (non-hydrogen) atoms. The van der Waals surface area contributed by atoms with Crippen LogP contribution in [0.25, 0.3) is 5.69 Å². The van der Waals surface area contributed by atoms with Crippen LogP contribution in [-0.4, -0.2) is 35.5 Å². The van der Waals surface area contributed by atoms with Gasteiger partial charge in [0.25, 0.3) is 6.43 Å². The summed E-state index contributed by atoms with van der Waals surface area (Å²) in [5.41, 5.74) is -1.70. The smallest absolute Gasteiger partial charge is 0.356 e. The van der Waals surface area contributed by atoms with Crippen LogP contribution in [0.15, 0.2) is 35.2 Å². The van der Waals surface area contributed by atoms with Crippen molar-refractivity contribution in [3.05, 3.63) is 41.7 Å². The molecular weight excluding hydrogens is 306 g/mol. The van der Waals surface area contributed by atoms with Gasteiger partial charge in [0.2, 0.25) is 0 Å². The fraction of sp³-hybridized carbons (Fsp3) is 0.167. The number of hydrogen-bond acceptors (Lipinski definition) is 4. The van der Waals surface area contributed by atoms with Crippen LogP contribution in [0.2, 0.25) is 0 Å². The number of para-hydroxylation sites is 1. The van der Waals surface area contributed by atoms with Crippen LogP contribution in [0.1, 0.15) is 22.6 Å². The minimum absolute atomic E-state index is 0.173. The first kappa shape index (κ1) is 15.1. The van der Waals surface area contributed by atoms with Gasteiger partial charge in [0, 0.05) is 6.26 Å². The van der Waals surface area contributed by atoms with Crippen molar-refractivity contribution in [1.29, 1.82) is 0 Å². The maximum Gasteiger partial charge on any atom is 0.356 e. The molecular formula is C12H10F2N2O4S. The third kappa shape index (κ3) is 2.77. The van der Waals surface area contributed by atoms with Gasteiger partial charge < -0.3 is 5.11 Å². The first-order valence-electron chi connectivity index (χ1n) is 5.63. The van der Waals surface area contributed by atoms with Crippen molar-refractivity contribution in [3.63, 3.8) is 0 Å². The Labute approximate surface area is 118 Å². The molecule has 9 heteroatoms. The average molecular weight is 316 g/mol. The van der Waals surface area contributed by atoms with E-state index in [9.17, 15) is 27.1 Å². The average Bonchev–Trinajstić information content (AvgIpc) is 2.80. The molecule has 0 aliphatic rings. The van der Waals surface area contributed by atoms with Crippen molar-refractivity contribution in [2.24, 2.45) is 0 Å². The van der Waals surface area contributed by atoms with E-state index in [1.165, 1.54) is 12.1 Å². The predicted octanol–water partition coefficient (Wildman–Crippen LogP) is 1.91. The van der Waals surface area contributed by atoms with Gasteiger partial charge in [-0.1, -0.05) is 18.2 Å². The van der Waals surface area contributed by atoms with E-state index in [0.717, 1.165) is 0 Å². The number of carbonyl (C=O) groups is 1. The maximum absolute atomic E-state index is 13.0. The van der Waals surface area contributed by atoms with E-state index in [1.54, 1.807) is 18.2 Å². The quantitative estimate of drug-likeness (QED) is 0.930. The Hall–Kier alpha value is -2.29. The minimum Gasteiger partial charge on any atom is -0.476 e. The van der Waals surface area contributed by atoms with Crippen LogP contribution < -0.4 is 0 Å². The van der Waals surface area contributed by atoms with Crippen LogP contribution >= 0.6 is 0 Å². The second-order valence-electron chi connectivity index (χ2n) is 4.19. The molecule has 2 rings (SSSR count). The van der Waals surface area contributed by atoms with Crippen molar-refractivity contribution in [2.75, 3.05) is 6.26 Å². The molecule has 0 amide bonds. The van der Waals surface area contributed by atoms with Gasteiger partial charge in [-0.2, -0.15) is 5.10 Å². The minimum atomic E-state index is -4.19. The summed E-state index contributed by atoms with van der Waals surface area (Å²) in [7, 11) is -4.19. The lowest BCUT2D eigenvalue weighted by Crippen LogP contribution is -2.12. The molecule has 112 valence electrons. The third-order valence-corrected chi connectivity index (χ3v) is 3.79. The van der Waals surface area contributed by atoms with Crippen molar-refractivity contribution in [2.45, 2.75) is 11.3 Å². The van der Waals surface area contributed by atoms with E-state index < -0.39 is 38.5 Å². The molecule has 0 bridgehead atoms. The Balaban J connectivity index is 2.88. The van der Waals surface area contributed by atoms with Crippen LogP contribution in [0.3, 0.4) is 0 Å². The molecule has 1 aromatic heterocycles. The summed E-state index contributed by atoms with van der Waals surface area (Å²) >= 11 is 0. The molecule has 1 N–H and O–H groups in total. The third-order valence-electron chi connectivity index (χ3n) is 2.65. The Morgan fingerprint density at radius 3 is 2.29 bits per heavy atom. The zero-order valence-electron chi connectivity index (χ0n) is 10.7. The molecule has 0 aliphatic heterocycles. The van der Waals surface area contributed by atoms with E-state index in [-0.39, 0.29) is 5.69 Å². The van der Waals surface area contributed by atoms with Gasteiger partial charge in [0.15, 0.2) is 15.5 Å². The lowest BCUT2D eigenvalue weighted by Gasteiger charge is -2.04. The second kappa shape index (κ2) is 5.24. The largest absolute Gasteiger partial charge is 0.476 e. The van der Waals surface area contributed by atoms with E-state index in [1.807, 2.05) is 0 Å². The number of alkyl halides is 2. The Morgan fingerprint density at radius 2 is 1.86 bits per heavy atom. The molecule has 0 radical (unpaired) electrons. The summed E-state index contributed by atoms with van der Waals surface area (Å²) in [5.74, 6) is -1.65. The number of benzene rings is 1. The van der Waals surface area contributed by atoms with Crippen LogP contribution in [-0.2, 0) is 9.84 Å². The number of hydrogen-bond donors (Lipinski definition) is 1. The number of sulfone groups is 1. The predicted molar refractivity (Wildman–Crippen MR) is 68.6 cm³/mol. The van der Waals surface area contributed by atoms with Gasteiger partial charge in [-0.3, -0.25) is 0 Å². The van der Waals surface area contributed by atoms with Crippen molar-refractivity contribution in [1.82, 2.24) is 9.78 Å². The SMILES string of the molecule is CS(=O)(=O)c1c(C(F)F)nn(-c2ccccc2)c1C(=O)O. The molecule has 1 aromatic carbocycles. The topological polar surface area (TPSA) is 89.3 Å². The summed E-state index contributed by atoms with van der Waals surface area (Å²) in [6.45, 7) is 0. The van der Waals surface area contributed by atoms with Gasteiger partial charge in [-0.05, 0) is 12.1 Å². The number of carboxylic acid groups (broad SMARTS) is 1. The Kier molecular flexibility index (Phi) is 3.77. The molecule has 2 aromatic rings. The van der Waals surface area contributed by atoms with E-state index in [4.69, 9.17) is 0 Å². The highest BCUT2D eigenvalue weighted by Gasteiger charge is 2.34. The lowest BCUT2D eigenvalue weighted by atomic mass is 10.3. The van der Waals surface area contributed by atoms with Gasteiger partial charge in [0.1, 0.15) is 10.6 Å². The zero-order chi connectivity index (χ0) is 15.8. The summed E-state index contributed by atoms with van der Waals surface area (Å²) in [6, 6.07) is 7.59. The van der Waals surface area contributed by atoms with Gasteiger partial charge in [-0.15, -0.1) is 0 Å². The van der Waals surface area contributed by atoms with Gasteiger partial charge in [0.05, 0.1) is 5.69 Å². The van der Waals surface area contributed by atoms with E-state index in [0.29, 0.717) is 10.9 Å². The molecule has 0 unspecified atom stereocenters. The number of rotatable bonds is 4. The molecule has 0 saturated carbocycles. The lowest BCUT2D eigenvalue weighted by molar-refractivity contribution is 0.0682. The Bertz CT molecular complexity index is 785. The van der Waals surface area contributed by atoms with Crippen molar-refractivity contribution < 1.29 is 27.1 Å². The molecule has 1 heterocycles. The van der Waals surface area contributed by atoms with Crippen LogP contribution in [0.4, 0.5) is 8.78 Å². The molecule has 0 saturated heterocycles. The first-order valence-corrected chi connectivity index (χ1v) is 7.52. The van der Waals surface area contributed by atoms with Crippen LogP contribution in [0.5, 0.6) is 0 Å². The molecule has 0 aliphatic carbocycles. The molecule has 0 spiro atoms. The fourth-order valence-corrected chi connectivity index (χ4v) is 2.91. The number of nitrogens with zero attached hydrogens (tertiary/aromatic N) is 2. The monoisotopic (exact) mass is 316 g/mol. The molecule has 6 nitrogen and oxygen atoms in total. The van der Waals surface area contributed by atoms with Crippen LogP contribution in [0, 0.1) is 0 Å². The van der Waals surface area contributed by atoms with E-state index in [2.05, 4.69) is 5.10 Å². The van der Waals surface area contributed by atoms with Crippen molar-refractivity contribution in [3.8, 4) is 5.69 Å². The van der Waals surface area contributed by atoms with E-state index >= 15 is 0 Å². The van der Waals surface area contributed by atoms with Gasteiger partial charge >= 0.3 is 5.97 Å². The standard InChI is InChI=1S/C12H10F2N2O4S/c1-21(19,20)10-8(11(13)14)15-16(9(10)12(17)18)7-5-3-2-4-6-7/h2-6,11H,1H3,(H,17,18). The number of carboxylic acids is 1. The number of aromatic nitrogens is 2. The summed E-state index contributed by atoms with van der Waals surface area (Å²) in [6.07, 6.45) is -2.55.